The number of benzene rings is 2. The van der Waals surface area contributed by atoms with Crippen molar-refractivity contribution in [1.29, 1.82) is 0 Å². The van der Waals surface area contributed by atoms with Gasteiger partial charge in [0.2, 0.25) is 6.79 Å². The van der Waals surface area contributed by atoms with Crippen molar-refractivity contribution in [2.75, 3.05) is 12.1 Å². The van der Waals surface area contributed by atoms with Crippen molar-refractivity contribution in [3.05, 3.63) is 70.6 Å². The molecule has 3 aromatic rings. The number of carboxylic acids is 1. The van der Waals surface area contributed by atoms with E-state index in [1.807, 2.05) is 18.2 Å². The normalized spacial score (nSPS) is 12.8. The minimum atomic E-state index is -1.12. The summed E-state index contributed by atoms with van der Waals surface area (Å²) >= 11 is 0. The van der Waals surface area contributed by atoms with Gasteiger partial charge in [0.15, 0.2) is 17.2 Å². The van der Waals surface area contributed by atoms with Crippen LogP contribution in [0.15, 0.2) is 59.5 Å². The number of urea groups is 1. The summed E-state index contributed by atoms with van der Waals surface area (Å²) in [7, 11) is 1.47. The smallest absolute Gasteiger partial charge is 0.319 e. The Kier molecular flexibility index (Phi) is 5.90. The van der Waals surface area contributed by atoms with E-state index in [0.29, 0.717) is 17.1 Å². The monoisotopic (exact) mass is 451 g/mol. The lowest BCUT2D eigenvalue weighted by Gasteiger charge is -2.19. The third-order valence-corrected chi connectivity index (χ3v) is 5.16. The lowest BCUT2D eigenvalue weighted by Crippen LogP contribution is -2.35. The zero-order valence-electron chi connectivity index (χ0n) is 17.6. The SMILES string of the molecule is Cn1ccc(O)c(NC(=O)N[C@@H](CC(=O)O)c2cccc(-c3ccc4c(c3)OCO4)c2)c1=O. The Bertz CT molecular complexity index is 1290. The fourth-order valence-corrected chi connectivity index (χ4v) is 3.48. The fraction of sp³-hybridized carbons (Fsp3) is 0.174. The number of nitrogens with one attached hydrogen (secondary N) is 2. The standard InChI is InChI=1S/C23H21N3O7/c1-26-8-7-17(27)21(22(26)30)25-23(31)24-16(11-20(28)29)15-4-2-3-13(9-15)14-5-6-18-19(10-14)33-12-32-18/h2-10,16,27H,11-12H2,1H3,(H,28,29)(H2,24,25,31)/t16-/m0/s1. The van der Waals surface area contributed by atoms with E-state index >= 15 is 0 Å². The molecule has 4 rings (SSSR count). The number of ether oxygens (including phenoxy) is 2. The highest BCUT2D eigenvalue weighted by atomic mass is 16.7. The molecule has 33 heavy (non-hydrogen) atoms. The maximum absolute atomic E-state index is 12.6. The molecular formula is C23H21N3O7. The summed E-state index contributed by atoms with van der Waals surface area (Å²) in [5.74, 6) is -0.255. The molecule has 10 nitrogen and oxygen atoms in total. The highest BCUT2D eigenvalue weighted by molar-refractivity contribution is 5.91. The van der Waals surface area contributed by atoms with Gasteiger partial charge in [-0.1, -0.05) is 24.3 Å². The molecule has 2 amide bonds. The zero-order chi connectivity index (χ0) is 23.5. The molecule has 10 heteroatoms. The van der Waals surface area contributed by atoms with Crippen molar-refractivity contribution in [3.8, 4) is 28.4 Å². The zero-order valence-corrected chi connectivity index (χ0v) is 17.6. The van der Waals surface area contributed by atoms with Crippen molar-refractivity contribution in [1.82, 2.24) is 9.88 Å². The van der Waals surface area contributed by atoms with Crippen LogP contribution in [0.5, 0.6) is 17.2 Å². The first-order valence-electron chi connectivity index (χ1n) is 9.99. The summed E-state index contributed by atoms with van der Waals surface area (Å²) < 4.78 is 11.9. The molecule has 4 N–H and O–H groups in total. The summed E-state index contributed by atoms with van der Waals surface area (Å²) in [6.07, 6.45) is 0.965. The second-order valence-electron chi connectivity index (χ2n) is 7.43. The quantitative estimate of drug-likeness (QED) is 0.452. The van der Waals surface area contributed by atoms with E-state index in [1.54, 1.807) is 24.3 Å². The van der Waals surface area contributed by atoms with Gasteiger partial charge in [0.05, 0.1) is 12.5 Å². The number of aromatic hydroxyl groups is 1. The van der Waals surface area contributed by atoms with Crippen molar-refractivity contribution in [2.24, 2.45) is 7.05 Å². The highest BCUT2D eigenvalue weighted by Crippen LogP contribution is 2.36. The van der Waals surface area contributed by atoms with Gasteiger partial charge in [-0.05, 0) is 41.0 Å². The van der Waals surface area contributed by atoms with E-state index in [4.69, 9.17) is 9.47 Å². The van der Waals surface area contributed by atoms with Gasteiger partial charge in [0.25, 0.3) is 5.56 Å². The van der Waals surface area contributed by atoms with Gasteiger partial charge >= 0.3 is 12.0 Å². The number of hydrogen-bond donors (Lipinski definition) is 4. The van der Waals surface area contributed by atoms with E-state index < -0.39 is 35.8 Å². The van der Waals surface area contributed by atoms with Crippen molar-refractivity contribution >= 4 is 17.7 Å². The van der Waals surface area contributed by atoms with Crippen molar-refractivity contribution < 1.29 is 29.3 Å². The Morgan fingerprint density at radius 3 is 2.64 bits per heavy atom. The lowest BCUT2D eigenvalue weighted by molar-refractivity contribution is -0.137. The number of pyridine rings is 1. The molecule has 0 fully saturated rings. The molecule has 1 aliphatic heterocycles. The Morgan fingerprint density at radius 2 is 1.85 bits per heavy atom. The van der Waals surface area contributed by atoms with Crippen LogP contribution >= 0.6 is 0 Å². The summed E-state index contributed by atoms with van der Waals surface area (Å²) in [5, 5.41) is 24.2. The molecule has 2 aromatic carbocycles. The van der Waals surface area contributed by atoms with Gasteiger partial charge in [-0.25, -0.2) is 4.79 Å². The van der Waals surface area contributed by atoms with Crippen molar-refractivity contribution in [2.45, 2.75) is 12.5 Å². The van der Waals surface area contributed by atoms with Crippen LogP contribution in [-0.2, 0) is 11.8 Å². The number of rotatable bonds is 6. The Morgan fingerprint density at radius 1 is 1.09 bits per heavy atom. The number of carbonyl (C=O) groups excluding carboxylic acids is 1. The topological polar surface area (TPSA) is 139 Å². The molecule has 1 aromatic heterocycles. The largest absolute Gasteiger partial charge is 0.505 e. The molecule has 0 saturated carbocycles. The van der Waals surface area contributed by atoms with Gasteiger partial charge in [-0.3, -0.25) is 9.59 Å². The molecule has 0 saturated heterocycles. The Balaban J connectivity index is 1.58. The molecule has 0 spiro atoms. The summed E-state index contributed by atoms with van der Waals surface area (Å²) in [6, 6.07) is 12.1. The molecule has 1 atom stereocenters. The number of anilines is 1. The number of amides is 2. The number of hydrogen-bond acceptors (Lipinski definition) is 6. The molecular weight excluding hydrogens is 430 g/mol. The molecule has 0 aliphatic carbocycles. The maximum atomic E-state index is 12.6. The van der Waals surface area contributed by atoms with E-state index in [9.17, 15) is 24.6 Å². The maximum Gasteiger partial charge on any atom is 0.319 e. The van der Waals surface area contributed by atoms with E-state index in [2.05, 4.69) is 10.6 Å². The predicted molar refractivity (Wildman–Crippen MR) is 118 cm³/mol. The third kappa shape index (κ3) is 4.74. The number of carbonyl (C=O) groups is 2. The van der Waals surface area contributed by atoms with Gasteiger partial charge in [-0.15, -0.1) is 0 Å². The predicted octanol–water partition coefficient (Wildman–Crippen LogP) is 2.82. The van der Waals surface area contributed by atoms with Crippen LogP contribution in [0.4, 0.5) is 10.5 Å². The summed E-state index contributed by atoms with van der Waals surface area (Å²) in [6.45, 7) is 0.151. The van der Waals surface area contributed by atoms with Crippen LogP contribution in [-0.4, -0.2) is 33.6 Å². The van der Waals surface area contributed by atoms with Crippen LogP contribution in [0.25, 0.3) is 11.1 Å². The van der Waals surface area contributed by atoms with Gasteiger partial charge in [-0.2, -0.15) is 0 Å². The average molecular weight is 451 g/mol. The lowest BCUT2D eigenvalue weighted by atomic mass is 9.97. The fourth-order valence-electron chi connectivity index (χ4n) is 3.48. The van der Waals surface area contributed by atoms with Crippen LogP contribution in [0, 0.1) is 0 Å². The first-order chi connectivity index (χ1) is 15.8. The van der Waals surface area contributed by atoms with Gasteiger partial charge in [0, 0.05) is 13.2 Å². The van der Waals surface area contributed by atoms with Gasteiger partial charge in [0.1, 0.15) is 5.75 Å². The molecule has 0 unspecified atom stereocenters. The second kappa shape index (κ2) is 8.95. The summed E-state index contributed by atoms with van der Waals surface area (Å²) in [5.41, 5.74) is 1.26. The summed E-state index contributed by atoms with van der Waals surface area (Å²) in [4.78, 5) is 36.2. The average Bonchev–Trinajstić information content (AvgIpc) is 3.26. The van der Waals surface area contributed by atoms with Crippen molar-refractivity contribution in [3.63, 3.8) is 0 Å². The van der Waals surface area contributed by atoms with E-state index in [1.165, 1.54) is 23.9 Å². The number of carboxylic acid groups (broad SMARTS) is 1. The Hall–Kier alpha value is -4.47. The van der Waals surface area contributed by atoms with Crippen LogP contribution in [0.3, 0.4) is 0 Å². The molecule has 1 aliphatic rings. The van der Waals surface area contributed by atoms with Crippen LogP contribution in [0.2, 0.25) is 0 Å². The first kappa shape index (κ1) is 21.8. The Labute approximate surface area is 188 Å². The van der Waals surface area contributed by atoms with E-state index in [0.717, 1.165) is 11.1 Å². The van der Waals surface area contributed by atoms with Crippen LogP contribution in [0.1, 0.15) is 18.0 Å². The highest BCUT2D eigenvalue weighted by Gasteiger charge is 2.21. The molecule has 0 bridgehead atoms. The van der Waals surface area contributed by atoms with E-state index in [-0.39, 0.29) is 12.5 Å². The number of fused-ring (bicyclic) bond motifs is 1. The third-order valence-electron chi connectivity index (χ3n) is 5.16. The first-order valence-corrected chi connectivity index (χ1v) is 9.99. The second-order valence-corrected chi connectivity index (χ2v) is 7.43. The number of aryl methyl sites for hydroxylation is 1. The van der Waals surface area contributed by atoms with Crippen LogP contribution < -0.4 is 25.7 Å². The molecule has 0 radical (unpaired) electrons. The number of aromatic nitrogens is 1. The minimum Gasteiger partial charge on any atom is -0.505 e. The molecule has 2 heterocycles. The number of aliphatic carboxylic acids is 1. The van der Waals surface area contributed by atoms with Gasteiger partial charge < -0.3 is 34.9 Å². The minimum absolute atomic E-state index is 0.151. The molecule has 170 valence electrons. The number of nitrogens with zero attached hydrogens (tertiary/aromatic N) is 1.